The zero-order valence-corrected chi connectivity index (χ0v) is 10.6. The highest BCUT2D eigenvalue weighted by molar-refractivity contribution is 7.07. The van der Waals surface area contributed by atoms with Crippen LogP contribution >= 0.6 is 11.3 Å². The van der Waals surface area contributed by atoms with E-state index in [1.54, 1.807) is 16.8 Å². The number of nitrogens with two attached hydrogens (primary N) is 1. The van der Waals surface area contributed by atoms with E-state index in [9.17, 15) is 4.79 Å². The predicted molar refractivity (Wildman–Crippen MR) is 66.3 cm³/mol. The number of carbonyl (C=O) groups excluding carboxylic acids is 1. The van der Waals surface area contributed by atoms with E-state index in [4.69, 9.17) is 5.73 Å². The van der Waals surface area contributed by atoms with Crippen LogP contribution in [0.5, 0.6) is 0 Å². The van der Waals surface area contributed by atoms with Gasteiger partial charge in [0, 0.05) is 30.8 Å². The van der Waals surface area contributed by atoms with Gasteiger partial charge in [-0.2, -0.15) is 0 Å². The van der Waals surface area contributed by atoms with E-state index in [-0.39, 0.29) is 11.9 Å². The van der Waals surface area contributed by atoms with Crippen LogP contribution in [0.2, 0.25) is 0 Å². The molecule has 0 aliphatic heterocycles. The minimum Gasteiger partial charge on any atom is -0.356 e. The number of carbonyl (C=O) groups is 1. The lowest BCUT2D eigenvalue weighted by Crippen LogP contribution is -2.35. The molecule has 0 fully saturated rings. The lowest BCUT2D eigenvalue weighted by molar-refractivity contribution is -0.121. The summed E-state index contributed by atoms with van der Waals surface area (Å²) in [6, 6.07) is -0.0562. The Morgan fingerprint density at radius 2 is 2.38 bits per heavy atom. The van der Waals surface area contributed by atoms with E-state index < -0.39 is 0 Å². The molecule has 16 heavy (non-hydrogen) atoms. The van der Waals surface area contributed by atoms with Crippen LogP contribution in [0.1, 0.15) is 26.0 Å². The molecule has 1 aromatic rings. The van der Waals surface area contributed by atoms with Crippen molar-refractivity contribution >= 4 is 17.2 Å². The fourth-order valence-electron chi connectivity index (χ4n) is 1.21. The molecule has 0 radical (unpaired) electrons. The molecule has 5 heteroatoms. The van der Waals surface area contributed by atoms with E-state index in [2.05, 4.69) is 10.3 Å². The van der Waals surface area contributed by atoms with Crippen molar-refractivity contribution in [1.82, 2.24) is 10.3 Å². The van der Waals surface area contributed by atoms with Gasteiger partial charge in [0.2, 0.25) is 5.91 Å². The van der Waals surface area contributed by atoms with Crippen LogP contribution < -0.4 is 11.1 Å². The van der Waals surface area contributed by atoms with E-state index in [0.29, 0.717) is 18.9 Å². The van der Waals surface area contributed by atoms with Crippen LogP contribution in [-0.4, -0.2) is 23.5 Å². The molecule has 0 saturated carbocycles. The number of amides is 1. The Kier molecular flexibility index (Phi) is 5.42. The second kappa shape index (κ2) is 6.60. The van der Waals surface area contributed by atoms with Gasteiger partial charge in [-0.3, -0.25) is 4.79 Å². The molecule has 4 nitrogen and oxygen atoms in total. The van der Waals surface area contributed by atoms with Gasteiger partial charge in [0.1, 0.15) is 0 Å². The van der Waals surface area contributed by atoms with Crippen molar-refractivity contribution in [3.63, 3.8) is 0 Å². The van der Waals surface area contributed by atoms with Gasteiger partial charge in [-0.1, -0.05) is 13.8 Å². The molecular weight excluding hydrogens is 222 g/mol. The summed E-state index contributed by atoms with van der Waals surface area (Å²) in [5, 5.41) is 4.84. The molecule has 0 saturated heterocycles. The van der Waals surface area contributed by atoms with E-state index in [0.717, 1.165) is 12.1 Å². The maximum Gasteiger partial charge on any atom is 0.221 e. The van der Waals surface area contributed by atoms with Gasteiger partial charge in [-0.25, -0.2) is 4.98 Å². The smallest absolute Gasteiger partial charge is 0.221 e. The van der Waals surface area contributed by atoms with Crippen LogP contribution in [0.3, 0.4) is 0 Å². The molecule has 1 aromatic heterocycles. The molecule has 1 heterocycles. The van der Waals surface area contributed by atoms with Crippen molar-refractivity contribution in [1.29, 1.82) is 0 Å². The number of nitrogens with zero attached hydrogens (tertiary/aromatic N) is 1. The average Bonchev–Trinajstić information content (AvgIpc) is 2.70. The number of nitrogens with one attached hydrogen (secondary N) is 1. The Bertz CT molecular complexity index is 311. The van der Waals surface area contributed by atoms with Crippen molar-refractivity contribution in [2.24, 2.45) is 11.7 Å². The first-order valence-electron chi connectivity index (χ1n) is 5.49. The summed E-state index contributed by atoms with van der Waals surface area (Å²) in [6.07, 6.45) is 1.18. The highest BCUT2D eigenvalue weighted by Crippen LogP contribution is 2.03. The molecule has 1 amide bonds. The molecule has 0 bridgehead atoms. The fraction of sp³-hybridized carbons (Fsp3) is 0.636. The molecular formula is C11H19N3OS. The monoisotopic (exact) mass is 241 g/mol. The fourth-order valence-corrected chi connectivity index (χ4v) is 1.81. The summed E-state index contributed by atoms with van der Waals surface area (Å²) in [6.45, 7) is 4.67. The third-order valence-electron chi connectivity index (χ3n) is 2.46. The Balaban J connectivity index is 2.15. The van der Waals surface area contributed by atoms with Crippen molar-refractivity contribution in [3.05, 3.63) is 16.6 Å². The molecule has 90 valence electrons. The van der Waals surface area contributed by atoms with Crippen LogP contribution in [0.25, 0.3) is 0 Å². The van der Waals surface area contributed by atoms with Gasteiger partial charge in [0.05, 0.1) is 11.2 Å². The molecule has 0 aliphatic rings. The third-order valence-corrected chi connectivity index (χ3v) is 3.10. The van der Waals surface area contributed by atoms with Gasteiger partial charge < -0.3 is 11.1 Å². The lowest BCUT2D eigenvalue weighted by Gasteiger charge is -2.14. The van der Waals surface area contributed by atoms with Gasteiger partial charge in [0.25, 0.3) is 0 Å². The molecule has 0 aliphatic carbocycles. The molecule has 0 aromatic carbocycles. The first-order valence-corrected chi connectivity index (χ1v) is 6.43. The normalized spacial score (nSPS) is 12.8. The average molecular weight is 241 g/mol. The minimum absolute atomic E-state index is 0.0245. The number of rotatable bonds is 6. The number of hydrogen-bond donors (Lipinski definition) is 2. The van der Waals surface area contributed by atoms with E-state index >= 15 is 0 Å². The largest absolute Gasteiger partial charge is 0.356 e. The Morgan fingerprint density at radius 1 is 1.62 bits per heavy atom. The minimum atomic E-state index is -0.0562. The number of aromatic nitrogens is 1. The molecule has 1 unspecified atom stereocenters. The lowest BCUT2D eigenvalue weighted by atomic mass is 10.0. The SMILES string of the molecule is CC(C)C(N)CC(=O)NCCc1cscn1. The maximum absolute atomic E-state index is 11.5. The van der Waals surface area contributed by atoms with Crippen LogP contribution in [0.15, 0.2) is 10.9 Å². The maximum atomic E-state index is 11.5. The van der Waals surface area contributed by atoms with Crippen LogP contribution in [0.4, 0.5) is 0 Å². The first-order chi connectivity index (χ1) is 7.59. The Labute approximate surface area is 100 Å². The topological polar surface area (TPSA) is 68.0 Å². The van der Waals surface area contributed by atoms with Gasteiger partial charge >= 0.3 is 0 Å². The van der Waals surface area contributed by atoms with Crippen LogP contribution in [-0.2, 0) is 11.2 Å². The second-order valence-electron chi connectivity index (χ2n) is 4.19. The molecule has 0 spiro atoms. The van der Waals surface area contributed by atoms with Crippen molar-refractivity contribution < 1.29 is 4.79 Å². The standard InChI is InChI=1S/C11H19N3OS/c1-8(2)10(12)5-11(15)13-4-3-9-6-16-7-14-9/h6-8,10H,3-5,12H2,1-2H3,(H,13,15). The van der Waals surface area contributed by atoms with Gasteiger partial charge in [-0.15, -0.1) is 11.3 Å². The number of thiazole rings is 1. The third kappa shape index (κ3) is 4.72. The van der Waals surface area contributed by atoms with Gasteiger partial charge in [0.15, 0.2) is 0 Å². The van der Waals surface area contributed by atoms with Crippen LogP contribution in [0, 0.1) is 5.92 Å². The van der Waals surface area contributed by atoms with E-state index in [1.165, 1.54) is 0 Å². The molecule has 3 N–H and O–H groups in total. The van der Waals surface area contributed by atoms with Crippen molar-refractivity contribution in [2.45, 2.75) is 32.7 Å². The summed E-state index contributed by atoms with van der Waals surface area (Å²) in [7, 11) is 0. The van der Waals surface area contributed by atoms with Crippen molar-refractivity contribution in [3.8, 4) is 0 Å². The second-order valence-corrected chi connectivity index (χ2v) is 4.91. The predicted octanol–water partition coefficient (Wildman–Crippen LogP) is 1.18. The summed E-state index contributed by atoms with van der Waals surface area (Å²) in [5.41, 5.74) is 8.64. The quantitative estimate of drug-likeness (QED) is 0.785. The summed E-state index contributed by atoms with van der Waals surface area (Å²) >= 11 is 1.57. The Hall–Kier alpha value is -0.940. The molecule has 1 rings (SSSR count). The number of hydrogen-bond acceptors (Lipinski definition) is 4. The zero-order valence-electron chi connectivity index (χ0n) is 9.77. The highest BCUT2D eigenvalue weighted by atomic mass is 32.1. The van der Waals surface area contributed by atoms with E-state index in [1.807, 2.05) is 19.2 Å². The summed E-state index contributed by atoms with van der Waals surface area (Å²) < 4.78 is 0. The van der Waals surface area contributed by atoms with Gasteiger partial charge in [-0.05, 0) is 5.92 Å². The summed E-state index contributed by atoms with van der Waals surface area (Å²) in [4.78, 5) is 15.6. The Morgan fingerprint density at radius 3 is 2.94 bits per heavy atom. The molecule has 1 atom stereocenters. The zero-order chi connectivity index (χ0) is 12.0. The highest BCUT2D eigenvalue weighted by Gasteiger charge is 2.12. The first kappa shape index (κ1) is 13.1. The van der Waals surface area contributed by atoms with Crippen molar-refractivity contribution in [2.75, 3.05) is 6.54 Å². The summed E-state index contributed by atoms with van der Waals surface area (Å²) in [5.74, 6) is 0.362.